The Balaban J connectivity index is 1.64. The van der Waals surface area contributed by atoms with E-state index in [2.05, 4.69) is 46.3 Å². The zero-order valence-corrected chi connectivity index (χ0v) is 15.1. The van der Waals surface area contributed by atoms with Gasteiger partial charge in [-0.05, 0) is 57.7 Å². The van der Waals surface area contributed by atoms with Crippen LogP contribution in [-0.2, 0) is 11.3 Å². The molecule has 1 aliphatic carbocycles. The summed E-state index contributed by atoms with van der Waals surface area (Å²) in [6, 6.07) is 11.3. The molecule has 2 unspecified atom stereocenters. The summed E-state index contributed by atoms with van der Waals surface area (Å²) in [5, 5.41) is 3.36. The maximum absolute atomic E-state index is 13.0. The molecule has 1 aromatic rings. The monoisotopic (exact) mass is 329 g/mol. The molecule has 1 N–H and O–H groups in total. The van der Waals surface area contributed by atoms with Crippen molar-refractivity contribution in [3.63, 3.8) is 0 Å². The van der Waals surface area contributed by atoms with Gasteiger partial charge < -0.3 is 10.2 Å². The topological polar surface area (TPSA) is 35.6 Å². The second-order valence-corrected chi connectivity index (χ2v) is 7.45. The highest BCUT2D eigenvalue weighted by atomic mass is 16.2. The van der Waals surface area contributed by atoms with E-state index in [0.29, 0.717) is 24.5 Å². The maximum atomic E-state index is 13.0. The number of carbonyl (C=O) groups is 1. The number of benzene rings is 1. The number of nitrogens with zero attached hydrogens (tertiary/aromatic N) is 2. The van der Waals surface area contributed by atoms with E-state index in [1.807, 2.05) is 13.1 Å². The van der Waals surface area contributed by atoms with Crippen molar-refractivity contribution in [3.8, 4) is 0 Å². The third kappa shape index (κ3) is 4.58. The lowest BCUT2D eigenvalue weighted by Crippen LogP contribution is -2.50. The van der Waals surface area contributed by atoms with Crippen molar-refractivity contribution in [1.82, 2.24) is 15.1 Å². The van der Waals surface area contributed by atoms with Gasteiger partial charge in [0.25, 0.3) is 0 Å². The van der Waals surface area contributed by atoms with Crippen LogP contribution in [0.25, 0.3) is 0 Å². The van der Waals surface area contributed by atoms with E-state index in [1.54, 1.807) is 0 Å². The van der Waals surface area contributed by atoms with Gasteiger partial charge in [0.2, 0.25) is 5.91 Å². The number of rotatable bonds is 7. The van der Waals surface area contributed by atoms with Crippen LogP contribution >= 0.6 is 0 Å². The molecule has 0 bridgehead atoms. The highest BCUT2D eigenvalue weighted by Gasteiger charge is 2.35. The van der Waals surface area contributed by atoms with E-state index in [-0.39, 0.29) is 5.91 Å². The van der Waals surface area contributed by atoms with E-state index in [9.17, 15) is 4.79 Å². The highest BCUT2D eigenvalue weighted by molar-refractivity contribution is 5.78. The Morgan fingerprint density at radius 1 is 1.29 bits per heavy atom. The summed E-state index contributed by atoms with van der Waals surface area (Å²) in [6.45, 7) is 5.55. The average Bonchev–Trinajstić information content (AvgIpc) is 3.45. The van der Waals surface area contributed by atoms with E-state index < -0.39 is 0 Å². The van der Waals surface area contributed by atoms with Gasteiger partial charge in [-0.1, -0.05) is 30.3 Å². The van der Waals surface area contributed by atoms with Crippen molar-refractivity contribution >= 4 is 5.91 Å². The van der Waals surface area contributed by atoms with Crippen molar-refractivity contribution < 1.29 is 4.79 Å². The molecule has 0 aromatic heterocycles. The lowest BCUT2D eigenvalue weighted by molar-refractivity contribution is -0.136. The molecule has 1 amide bonds. The molecule has 1 aliphatic heterocycles. The number of carbonyl (C=O) groups excluding carboxylic acids is 1. The SMILES string of the molecule is CNC1CCCN(CC(=O)N(Cc2ccccc2)C(C)C2CC2)C1. The smallest absolute Gasteiger partial charge is 0.237 e. The molecule has 0 spiro atoms. The Labute approximate surface area is 146 Å². The molecule has 2 fully saturated rings. The molecular formula is C20H31N3O. The first kappa shape index (κ1) is 17.4. The maximum Gasteiger partial charge on any atom is 0.237 e. The van der Waals surface area contributed by atoms with Gasteiger partial charge in [-0.3, -0.25) is 9.69 Å². The fraction of sp³-hybridized carbons (Fsp3) is 0.650. The fourth-order valence-electron chi connectivity index (χ4n) is 3.79. The molecule has 1 heterocycles. The number of amides is 1. The number of likely N-dealkylation sites (tertiary alicyclic amines) is 1. The Morgan fingerprint density at radius 3 is 2.71 bits per heavy atom. The van der Waals surface area contributed by atoms with Gasteiger partial charge in [0, 0.05) is 25.2 Å². The van der Waals surface area contributed by atoms with Crippen molar-refractivity contribution in [2.75, 3.05) is 26.7 Å². The van der Waals surface area contributed by atoms with Crippen LogP contribution < -0.4 is 5.32 Å². The minimum atomic E-state index is 0.287. The number of hydrogen-bond donors (Lipinski definition) is 1. The summed E-state index contributed by atoms with van der Waals surface area (Å²) >= 11 is 0. The zero-order chi connectivity index (χ0) is 16.9. The predicted octanol–water partition coefficient (Wildman–Crippen LogP) is 2.50. The van der Waals surface area contributed by atoms with Gasteiger partial charge in [0.05, 0.1) is 6.54 Å². The van der Waals surface area contributed by atoms with Crippen LogP contribution in [0, 0.1) is 5.92 Å². The molecule has 1 saturated heterocycles. The Bertz CT molecular complexity index is 529. The lowest BCUT2D eigenvalue weighted by Gasteiger charge is -2.35. The van der Waals surface area contributed by atoms with Gasteiger partial charge in [0.1, 0.15) is 0 Å². The Morgan fingerprint density at radius 2 is 2.04 bits per heavy atom. The van der Waals surface area contributed by atoms with Crippen LogP contribution in [-0.4, -0.2) is 54.5 Å². The molecule has 4 nitrogen and oxygen atoms in total. The van der Waals surface area contributed by atoms with Gasteiger partial charge in [0.15, 0.2) is 0 Å². The molecule has 1 saturated carbocycles. The van der Waals surface area contributed by atoms with Crippen molar-refractivity contribution in [1.29, 1.82) is 0 Å². The summed E-state index contributed by atoms with van der Waals surface area (Å²) in [4.78, 5) is 17.5. The zero-order valence-electron chi connectivity index (χ0n) is 15.1. The standard InChI is InChI=1S/C20H31N3O/c1-16(18-10-11-18)23(13-17-7-4-3-5-8-17)20(24)15-22-12-6-9-19(14-22)21-2/h3-5,7-8,16,18-19,21H,6,9-15H2,1-2H3. The van der Waals surface area contributed by atoms with Gasteiger partial charge in [-0.15, -0.1) is 0 Å². The molecule has 2 atom stereocenters. The Hall–Kier alpha value is -1.39. The van der Waals surface area contributed by atoms with Crippen LogP contribution in [0.5, 0.6) is 0 Å². The highest BCUT2D eigenvalue weighted by Crippen LogP contribution is 2.35. The second kappa shape index (κ2) is 8.13. The van der Waals surface area contributed by atoms with Crippen LogP contribution in [0.15, 0.2) is 30.3 Å². The first-order valence-corrected chi connectivity index (χ1v) is 9.40. The number of likely N-dealkylation sites (N-methyl/N-ethyl adjacent to an activating group) is 1. The first-order valence-electron chi connectivity index (χ1n) is 9.40. The van der Waals surface area contributed by atoms with E-state index in [4.69, 9.17) is 0 Å². The molecule has 24 heavy (non-hydrogen) atoms. The summed E-state index contributed by atoms with van der Waals surface area (Å²) in [5.41, 5.74) is 1.23. The molecule has 132 valence electrons. The van der Waals surface area contributed by atoms with Crippen molar-refractivity contribution in [2.24, 2.45) is 5.92 Å². The van der Waals surface area contributed by atoms with E-state index in [0.717, 1.165) is 19.6 Å². The quantitative estimate of drug-likeness (QED) is 0.835. The first-order chi connectivity index (χ1) is 11.7. The second-order valence-electron chi connectivity index (χ2n) is 7.45. The predicted molar refractivity (Wildman–Crippen MR) is 97.7 cm³/mol. The van der Waals surface area contributed by atoms with Crippen molar-refractivity contribution in [3.05, 3.63) is 35.9 Å². The summed E-state index contributed by atoms with van der Waals surface area (Å²) in [5.74, 6) is 0.985. The summed E-state index contributed by atoms with van der Waals surface area (Å²) in [7, 11) is 2.02. The van der Waals surface area contributed by atoms with Crippen LogP contribution in [0.3, 0.4) is 0 Å². The minimum Gasteiger partial charge on any atom is -0.334 e. The largest absolute Gasteiger partial charge is 0.334 e. The van der Waals surface area contributed by atoms with Gasteiger partial charge >= 0.3 is 0 Å². The van der Waals surface area contributed by atoms with Crippen LogP contribution in [0.1, 0.15) is 38.2 Å². The molecule has 2 aliphatic rings. The average molecular weight is 329 g/mol. The van der Waals surface area contributed by atoms with Gasteiger partial charge in [-0.2, -0.15) is 0 Å². The lowest BCUT2D eigenvalue weighted by atomic mass is 10.1. The normalized spacial score (nSPS) is 23.0. The summed E-state index contributed by atoms with van der Waals surface area (Å²) < 4.78 is 0. The van der Waals surface area contributed by atoms with E-state index in [1.165, 1.54) is 31.2 Å². The molecule has 4 heteroatoms. The molecule has 1 aromatic carbocycles. The third-order valence-electron chi connectivity index (χ3n) is 5.58. The van der Waals surface area contributed by atoms with E-state index >= 15 is 0 Å². The number of hydrogen-bond acceptors (Lipinski definition) is 3. The Kier molecular flexibility index (Phi) is 5.90. The van der Waals surface area contributed by atoms with Crippen LogP contribution in [0.2, 0.25) is 0 Å². The third-order valence-corrected chi connectivity index (χ3v) is 5.58. The number of piperidine rings is 1. The van der Waals surface area contributed by atoms with Crippen LogP contribution in [0.4, 0.5) is 0 Å². The molecular weight excluding hydrogens is 298 g/mol. The fourth-order valence-corrected chi connectivity index (χ4v) is 3.79. The number of nitrogens with one attached hydrogen (secondary N) is 1. The minimum absolute atomic E-state index is 0.287. The summed E-state index contributed by atoms with van der Waals surface area (Å²) in [6.07, 6.45) is 4.93. The molecule has 0 radical (unpaired) electrons. The molecule has 3 rings (SSSR count). The van der Waals surface area contributed by atoms with Gasteiger partial charge in [-0.25, -0.2) is 0 Å². The van der Waals surface area contributed by atoms with Crippen molar-refractivity contribution in [2.45, 2.75) is 51.2 Å².